The van der Waals surface area contributed by atoms with Crippen molar-refractivity contribution in [2.45, 2.75) is 125 Å². The number of hydrogen-bond donors (Lipinski definition) is 1. The summed E-state index contributed by atoms with van der Waals surface area (Å²) in [5, 5.41) is 2.60. The summed E-state index contributed by atoms with van der Waals surface area (Å²) in [6.45, 7) is 9.54. The largest absolute Gasteiger partial charge is 0.497 e. The molecule has 26 heteroatoms. The quantitative estimate of drug-likeness (QED) is 0.0238. The molecule has 0 spiro atoms. The molecule has 0 aliphatic rings. The number of carbonyl (C=O) groups is 2. The first kappa shape index (κ1) is 60.4. The van der Waals surface area contributed by atoms with E-state index in [0.29, 0.717) is 29.8 Å². The molecule has 0 fully saturated rings. The normalized spacial score (nSPS) is 14.7. The zero-order valence-electron chi connectivity index (χ0n) is 37.6. The van der Waals surface area contributed by atoms with Crippen LogP contribution in [0.25, 0.3) is 0 Å². The second kappa shape index (κ2) is 23.0. The molecule has 0 radical (unpaired) electrons. The van der Waals surface area contributed by atoms with Crippen molar-refractivity contribution in [3.8, 4) is 11.5 Å². The topological polar surface area (TPSA) is 92.3 Å². The molecule has 0 aromatic heterocycles. The lowest BCUT2D eigenvalue weighted by atomic mass is 9.88. The summed E-state index contributed by atoms with van der Waals surface area (Å²) in [7, 11) is -2.57. The third kappa shape index (κ3) is 13.2. The number of allylic oxidation sites excluding steroid dienone is 1. The zero-order valence-corrected chi connectivity index (χ0v) is 38.6. The van der Waals surface area contributed by atoms with Crippen molar-refractivity contribution in [1.29, 1.82) is 0 Å². The van der Waals surface area contributed by atoms with E-state index in [1.54, 1.807) is 37.3 Å². The number of halogens is 17. The van der Waals surface area contributed by atoms with Crippen LogP contribution < -0.4 is 14.8 Å². The fourth-order valence-electron chi connectivity index (χ4n) is 6.83. The molecule has 392 valence electrons. The fourth-order valence-corrected chi connectivity index (χ4v) is 11.3. The van der Waals surface area contributed by atoms with Crippen molar-refractivity contribution in [3.05, 3.63) is 78.9 Å². The average molecular weight is 1040 g/mol. The highest BCUT2D eigenvalue weighted by atomic mass is 28.4. The SMILES string of the molecule is C=CCOC(=O)/C=C/CC[C@H](C)[C@@H](OC(=O)Nc1ccc(OC)cc1)c1ccc(OCCO[Si](CCC(F)(F)C(F)(F)C(F)(F)C(F)(F)C(F)(F)C(F)(F)C(F)(F)C(F)(F)F)(C(C)C)C(C)C)cc1. The number of nitrogens with one attached hydrogen (secondary N) is 1. The Morgan fingerprint density at radius 2 is 1.17 bits per heavy atom. The molecule has 0 bridgehead atoms. The first-order valence-corrected chi connectivity index (χ1v) is 22.9. The van der Waals surface area contributed by atoms with Gasteiger partial charge in [0.05, 0.1) is 13.7 Å². The monoisotopic (exact) mass is 1040 g/mol. The van der Waals surface area contributed by atoms with E-state index in [4.69, 9.17) is 23.4 Å². The van der Waals surface area contributed by atoms with Gasteiger partial charge in [0.1, 0.15) is 30.8 Å². The number of hydrogen-bond acceptors (Lipinski definition) is 7. The van der Waals surface area contributed by atoms with Crippen molar-refractivity contribution in [2.24, 2.45) is 5.92 Å². The third-order valence-electron chi connectivity index (χ3n) is 11.0. The smallest absolute Gasteiger partial charge is 0.460 e. The molecular formula is C43H50F17NO7Si. The molecule has 0 saturated heterocycles. The second-order valence-electron chi connectivity index (χ2n) is 16.2. The van der Waals surface area contributed by atoms with E-state index in [1.807, 2.05) is 0 Å². The average Bonchev–Trinajstić information content (AvgIpc) is 3.25. The Kier molecular flexibility index (Phi) is 20.1. The van der Waals surface area contributed by atoms with Gasteiger partial charge in [0.25, 0.3) is 0 Å². The number of rotatable bonds is 27. The van der Waals surface area contributed by atoms with Gasteiger partial charge in [-0.05, 0) is 77.8 Å². The lowest BCUT2D eigenvalue weighted by Gasteiger charge is -2.44. The van der Waals surface area contributed by atoms with Crippen LogP contribution in [0.1, 0.15) is 65.5 Å². The van der Waals surface area contributed by atoms with E-state index in [0.717, 1.165) is 0 Å². The van der Waals surface area contributed by atoms with Crippen LogP contribution in [0, 0.1) is 5.92 Å². The van der Waals surface area contributed by atoms with Gasteiger partial charge in [-0.2, -0.15) is 74.6 Å². The summed E-state index contributed by atoms with van der Waals surface area (Å²) in [5.74, 6) is -57.2. The number of ether oxygens (including phenoxy) is 4. The van der Waals surface area contributed by atoms with Crippen LogP contribution in [0.5, 0.6) is 11.5 Å². The van der Waals surface area contributed by atoms with Crippen LogP contribution in [0.4, 0.5) is 85.1 Å². The molecule has 0 unspecified atom stereocenters. The van der Waals surface area contributed by atoms with Crippen molar-refractivity contribution in [1.82, 2.24) is 0 Å². The highest BCUT2D eigenvalue weighted by Crippen LogP contribution is 2.64. The standard InChI is InChI=1S/C43H50F17NO7Si/c1-8-22-66-33(62)12-10-9-11-28(6)34(68-35(63)61-30-15-19-31(64-7)20-16-30)29-13-17-32(18-14-29)65-23-24-67-69(26(2)3,27(4)5)25-21-36(44,45)37(46,47)38(48,49)39(50,51)40(52,53)41(54,55)42(56,57)43(58,59)60/h8,10,12-20,26-28,34H,1,9,11,21-25H2,2-7H3,(H,61,63)/b12-10+/t28-,34+/m0/s1. The summed E-state index contributed by atoms with van der Waals surface area (Å²) < 4.78 is 264. The molecule has 0 saturated carbocycles. The Morgan fingerprint density at radius 3 is 1.65 bits per heavy atom. The van der Waals surface area contributed by atoms with Crippen molar-refractivity contribution >= 4 is 26.1 Å². The minimum absolute atomic E-state index is 0.00235. The Morgan fingerprint density at radius 1 is 0.681 bits per heavy atom. The molecule has 1 amide bonds. The molecule has 2 atom stereocenters. The predicted molar refractivity (Wildman–Crippen MR) is 218 cm³/mol. The molecule has 0 aliphatic heterocycles. The van der Waals surface area contributed by atoms with Crippen molar-refractivity contribution in [2.75, 3.05) is 32.2 Å². The second-order valence-corrected chi connectivity index (χ2v) is 21.2. The third-order valence-corrected chi connectivity index (χ3v) is 16.7. The van der Waals surface area contributed by atoms with Crippen LogP contribution in [0.3, 0.4) is 0 Å². The van der Waals surface area contributed by atoms with Gasteiger partial charge in [0, 0.05) is 18.2 Å². The minimum atomic E-state index is -8.70. The Bertz CT molecular complexity index is 2010. The van der Waals surface area contributed by atoms with Crippen LogP contribution >= 0.6 is 0 Å². The molecule has 69 heavy (non-hydrogen) atoms. The number of anilines is 1. The van der Waals surface area contributed by atoms with Crippen LogP contribution in [-0.4, -0.2) is 94.9 Å². The number of carbonyl (C=O) groups excluding carboxylic acids is 2. The van der Waals surface area contributed by atoms with Crippen LogP contribution in [-0.2, 0) is 18.7 Å². The lowest BCUT2D eigenvalue weighted by molar-refractivity contribution is -0.461. The van der Waals surface area contributed by atoms with E-state index < -0.39 is 111 Å². The molecule has 0 aliphatic carbocycles. The summed E-state index contributed by atoms with van der Waals surface area (Å²) in [4.78, 5) is 24.8. The van der Waals surface area contributed by atoms with Gasteiger partial charge in [-0.15, -0.1) is 0 Å². The van der Waals surface area contributed by atoms with Gasteiger partial charge in [0.15, 0.2) is 8.32 Å². The summed E-state index contributed by atoms with van der Waals surface area (Å²) >= 11 is 0. The van der Waals surface area contributed by atoms with Crippen LogP contribution in [0.2, 0.25) is 17.1 Å². The Balaban J connectivity index is 2.29. The molecular weight excluding hydrogens is 994 g/mol. The van der Waals surface area contributed by atoms with E-state index in [-0.39, 0.29) is 18.3 Å². The summed E-state index contributed by atoms with van der Waals surface area (Å²) in [5.41, 5.74) is -0.959. The number of benzene rings is 2. The number of alkyl halides is 17. The Hall–Kier alpha value is -4.75. The van der Waals surface area contributed by atoms with Crippen molar-refractivity contribution in [3.63, 3.8) is 0 Å². The first-order valence-electron chi connectivity index (χ1n) is 20.6. The van der Waals surface area contributed by atoms with Gasteiger partial charge < -0.3 is 23.4 Å². The minimum Gasteiger partial charge on any atom is -0.497 e. The maximum absolute atomic E-state index is 15.0. The van der Waals surface area contributed by atoms with Crippen LogP contribution in [0.15, 0.2) is 73.3 Å². The van der Waals surface area contributed by atoms with Gasteiger partial charge >= 0.3 is 59.7 Å². The van der Waals surface area contributed by atoms with Gasteiger partial charge in [0.2, 0.25) is 0 Å². The predicted octanol–water partition coefficient (Wildman–Crippen LogP) is 14.2. The molecule has 0 heterocycles. The van der Waals surface area contributed by atoms with E-state index >= 15 is 8.78 Å². The molecule has 2 rings (SSSR count). The first-order chi connectivity index (χ1) is 31.5. The molecule has 2 aromatic carbocycles. The number of amides is 1. The maximum Gasteiger partial charge on any atom is 0.460 e. The zero-order chi connectivity index (χ0) is 53.2. The van der Waals surface area contributed by atoms with Crippen molar-refractivity contribution < 1.29 is 108 Å². The number of methoxy groups -OCH3 is 1. The summed E-state index contributed by atoms with van der Waals surface area (Å²) in [6, 6.07) is 10.9. The van der Waals surface area contributed by atoms with E-state index in [9.17, 15) is 75.4 Å². The highest BCUT2D eigenvalue weighted by molar-refractivity contribution is 6.76. The van der Waals surface area contributed by atoms with Gasteiger partial charge in [-0.3, -0.25) is 5.32 Å². The maximum atomic E-state index is 15.0. The van der Waals surface area contributed by atoms with E-state index in [2.05, 4.69) is 11.9 Å². The highest BCUT2D eigenvalue weighted by Gasteiger charge is 2.95. The molecule has 1 N–H and O–H groups in total. The van der Waals surface area contributed by atoms with Gasteiger partial charge in [-0.25, -0.2) is 9.59 Å². The van der Waals surface area contributed by atoms with E-state index in [1.165, 1.54) is 71.2 Å². The molecule has 8 nitrogen and oxygen atoms in total. The lowest BCUT2D eigenvalue weighted by Crippen LogP contribution is -2.74. The Labute approximate surface area is 386 Å². The summed E-state index contributed by atoms with van der Waals surface area (Å²) in [6.07, 6.45) is -7.25. The fraction of sp³-hybridized carbons (Fsp3) is 0.581. The number of esters is 1. The van der Waals surface area contributed by atoms with Gasteiger partial charge in [-0.1, -0.05) is 65.5 Å². The molecule has 2 aromatic rings.